The lowest BCUT2D eigenvalue weighted by Crippen LogP contribution is -2.36. The van der Waals surface area contributed by atoms with Gasteiger partial charge in [0, 0.05) is 12.1 Å². The molecule has 0 radical (unpaired) electrons. The molecule has 1 amide bonds. The molecule has 0 heterocycles. The molecule has 0 aromatic heterocycles. The highest BCUT2D eigenvalue weighted by molar-refractivity contribution is 5.96. The number of carbonyl (C=O) groups excluding carboxylic acids is 1. The summed E-state index contributed by atoms with van der Waals surface area (Å²) in [5.74, 6) is 1.15. The first-order chi connectivity index (χ1) is 13.3. The van der Waals surface area contributed by atoms with E-state index in [9.17, 15) is 4.79 Å². The molecule has 2 aromatic rings. The standard InChI is InChI=1S/C24H32N2O2/c1-17(2)20-8-6-7-9-22(20)24(12-13-24)25-23(27)21-16-19(11-10-18(21)3)28-15-14-26(4)5/h6-11,16-17H,12-15H2,1-5H3,(H,25,27). The normalized spacial score (nSPS) is 15.0. The SMILES string of the molecule is Cc1ccc(OCCN(C)C)cc1C(=O)NC1(c2ccccc2C(C)C)CC1. The van der Waals surface area contributed by atoms with Crippen LogP contribution in [0.15, 0.2) is 42.5 Å². The number of benzene rings is 2. The molecule has 0 bridgehead atoms. The Kier molecular flexibility index (Phi) is 6.09. The fourth-order valence-electron chi connectivity index (χ4n) is 3.59. The highest BCUT2D eigenvalue weighted by atomic mass is 16.5. The zero-order chi connectivity index (χ0) is 20.3. The van der Waals surface area contributed by atoms with Crippen molar-refractivity contribution in [1.29, 1.82) is 0 Å². The van der Waals surface area contributed by atoms with Crippen LogP contribution in [0.3, 0.4) is 0 Å². The second-order valence-electron chi connectivity index (χ2n) is 8.41. The molecule has 0 saturated heterocycles. The number of carbonyl (C=O) groups is 1. The summed E-state index contributed by atoms with van der Waals surface area (Å²) >= 11 is 0. The van der Waals surface area contributed by atoms with Crippen molar-refractivity contribution < 1.29 is 9.53 Å². The van der Waals surface area contributed by atoms with Crippen LogP contribution in [-0.2, 0) is 5.54 Å². The van der Waals surface area contributed by atoms with Gasteiger partial charge in [-0.05, 0) is 68.6 Å². The van der Waals surface area contributed by atoms with Gasteiger partial charge in [0.25, 0.3) is 5.91 Å². The first kappa shape index (κ1) is 20.4. The first-order valence-electron chi connectivity index (χ1n) is 10.1. The summed E-state index contributed by atoms with van der Waals surface area (Å²) in [4.78, 5) is 15.2. The van der Waals surface area contributed by atoms with E-state index < -0.39 is 0 Å². The van der Waals surface area contributed by atoms with Crippen LogP contribution < -0.4 is 10.1 Å². The lowest BCUT2D eigenvalue weighted by Gasteiger charge is -2.23. The van der Waals surface area contributed by atoms with Gasteiger partial charge in [0.15, 0.2) is 0 Å². The second kappa shape index (κ2) is 8.36. The maximum Gasteiger partial charge on any atom is 0.252 e. The Morgan fingerprint density at radius 1 is 1.18 bits per heavy atom. The van der Waals surface area contributed by atoms with Gasteiger partial charge in [-0.1, -0.05) is 44.2 Å². The van der Waals surface area contributed by atoms with E-state index in [1.165, 1.54) is 11.1 Å². The molecule has 0 aliphatic heterocycles. The fourth-order valence-corrected chi connectivity index (χ4v) is 3.59. The van der Waals surface area contributed by atoms with Crippen LogP contribution in [0, 0.1) is 6.92 Å². The molecule has 1 saturated carbocycles. The molecule has 4 heteroatoms. The number of hydrogen-bond acceptors (Lipinski definition) is 3. The topological polar surface area (TPSA) is 41.6 Å². The Balaban J connectivity index is 1.78. The molecule has 0 atom stereocenters. The number of hydrogen-bond donors (Lipinski definition) is 1. The van der Waals surface area contributed by atoms with Crippen LogP contribution >= 0.6 is 0 Å². The van der Waals surface area contributed by atoms with E-state index in [0.717, 1.165) is 30.7 Å². The van der Waals surface area contributed by atoms with Crippen molar-refractivity contribution in [2.24, 2.45) is 0 Å². The Hall–Kier alpha value is -2.33. The lowest BCUT2D eigenvalue weighted by atomic mass is 9.91. The highest BCUT2D eigenvalue weighted by Crippen LogP contribution is 2.48. The van der Waals surface area contributed by atoms with Gasteiger partial charge in [0.1, 0.15) is 12.4 Å². The van der Waals surface area contributed by atoms with Gasteiger partial charge in [0.05, 0.1) is 5.54 Å². The molecule has 0 unspecified atom stereocenters. The minimum atomic E-state index is -0.230. The Labute approximate surface area is 168 Å². The number of ether oxygens (including phenoxy) is 1. The zero-order valence-corrected chi connectivity index (χ0v) is 17.7. The summed E-state index contributed by atoms with van der Waals surface area (Å²) in [7, 11) is 4.03. The number of nitrogens with zero attached hydrogens (tertiary/aromatic N) is 1. The average Bonchev–Trinajstić information content (AvgIpc) is 3.43. The Morgan fingerprint density at radius 3 is 2.54 bits per heavy atom. The van der Waals surface area contributed by atoms with Gasteiger partial charge in [-0.2, -0.15) is 0 Å². The minimum absolute atomic E-state index is 0.0216. The van der Waals surface area contributed by atoms with Gasteiger partial charge >= 0.3 is 0 Å². The van der Waals surface area contributed by atoms with Crippen molar-refractivity contribution in [3.05, 3.63) is 64.7 Å². The third kappa shape index (κ3) is 4.56. The number of likely N-dealkylation sites (N-methyl/N-ethyl adjacent to an activating group) is 1. The average molecular weight is 381 g/mol. The molecular weight excluding hydrogens is 348 g/mol. The van der Waals surface area contributed by atoms with Gasteiger partial charge in [-0.25, -0.2) is 0 Å². The third-order valence-electron chi connectivity index (χ3n) is 5.46. The summed E-state index contributed by atoms with van der Waals surface area (Å²) in [6.45, 7) is 7.82. The van der Waals surface area contributed by atoms with Crippen molar-refractivity contribution in [2.45, 2.75) is 45.1 Å². The molecule has 1 fully saturated rings. The van der Waals surface area contributed by atoms with Gasteiger partial charge < -0.3 is 15.0 Å². The van der Waals surface area contributed by atoms with E-state index >= 15 is 0 Å². The smallest absolute Gasteiger partial charge is 0.252 e. The molecule has 150 valence electrons. The maximum absolute atomic E-state index is 13.1. The molecule has 1 N–H and O–H groups in total. The van der Waals surface area contributed by atoms with Crippen molar-refractivity contribution in [2.75, 3.05) is 27.2 Å². The molecule has 3 rings (SSSR count). The summed E-state index contributed by atoms with van der Waals surface area (Å²) in [5, 5.41) is 3.33. The van der Waals surface area contributed by atoms with Crippen molar-refractivity contribution in [3.8, 4) is 5.75 Å². The zero-order valence-electron chi connectivity index (χ0n) is 17.7. The van der Waals surface area contributed by atoms with Gasteiger partial charge in [-0.3, -0.25) is 4.79 Å². The summed E-state index contributed by atoms with van der Waals surface area (Å²) < 4.78 is 5.82. The van der Waals surface area contributed by atoms with Crippen LogP contribution in [0.4, 0.5) is 0 Å². The predicted molar refractivity (Wildman–Crippen MR) is 114 cm³/mol. The third-order valence-corrected chi connectivity index (χ3v) is 5.46. The summed E-state index contributed by atoms with van der Waals surface area (Å²) in [6, 6.07) is 14.2. The van der Waals surface area contributed by atoms with E-state index in [1.807, 2.05) is 39.2 Å². The van der Waals surface area contributed by atoms with E-state index in [2.05, 4.69) is 48.3 Å². The molecule has 0 spiro atoms. The number of nitrogens with one attached hydrogen (secondary N) is 1. The molecule has 1 aliphatic rings. The van der Waals surface area contributed by atoms with Crippen LogP contribution in [0.5, 0.6) is 5.75 Å². The maximum atomic E-state index is 13.1. The predicted octanol–water partition coefficient (Wildman–Crippen LogP) is 4.48. The molecule has 4 nitrogen and oxygen atoms in total. The van der Waals surface area contributed by atoms with Gasteiger partial charge in [0.2, 0.25) is 0 Å². The first-order valence-corrected chi connectivity index (χ1v) is 10.1. The number of amides is 1. The van der Waals surface area contributed by atoms with Crippen molar-refractivity contribution in [3.63, 3.8) is 0 Å². The second-order valence-corrected chi connectivity index (χ2v) is 8.41. The monoisotopic (exact) mass is 380 g/mol. The summed E-state index contributed by atoms with van der Waals surface area (Å²) in [6.07, 6.45) is 1.97. The van der Waals surface area contributed by atoms with E-state index in [0.29, 0.717) is 18.1 Å². The van der Waals surface area contributed by atoms with Crippen LogP contribution in [-0.4, -0.2) is 38.1 Å². The van der Waals surface area contributed by atoms with Crippen LogP contribution in [0.2, 0.25) is 0 Å². The number of rotatable bonds is 8. The van der Waals surface area contributed by atoms with E-state index in [4.69, 9.17) is 4.74 Å². The van der Waals surface area contributed by atoms with Crippen molar-refractivity contribution >= 4 is 5.91 Å². The quantitative estimate of drug-likeness (QED) is 0.734. The lowest BCUT2D eigenvalue weighted by molar-refractivity contribution is 0.0929. The van der Waals surface area contributed by atoms with Gasteiger partial charge in [-0.15, -0.1) is 0 Å². The number of aryl methyl sites for hydroxylation is 1. The minimum Gasteiger partial charge on any atom is -0.492 e. The molecule has 28 heavy (non-hydrogen) atoms. The Morgan fingerprint density at radius 2 is 1.89 bits per heavy atom. The highest BCUT2D eigenvalue weighted by Gasteiger charge is 2.47. The largest absolute Gasteiger partial charge is 0.492 e. The Bertz CT molecular complexity index is 838. The molecule has 1 aliphatic carbocycles. The van der Waals surface area contributed by atoms with Crippen LogP contribution in [0.25, 0.3) is 0 Å². The van der Waals surface area contributed by atoms with E-state index in [1.54, 1.807) is 0 Å². The van der Waals surface area contributed by atoms with Crippen LogP contribution in [0.1, 0.15) is 59.7 Å². The molecular formula is C24H32N2O2. The fraction of sp³-hybridized carbons (Fsp3) is 0.458. The molecule has 2 aromatic carbocycles. The van der Waals surface area contributed by atoms with E-state index in [-0.39, 0.29) is 11.4 Å². The van der Waals surface area contributed by atoms with Crippen molar-refractivity contribution in [1.82, 2.24) is 10.2 Å². The summed E-state index contributed by atoms with van der Waals surface area (Å²) in [5.41, 5.74) is 4.00.